The maximum absolute atomic E-state index is 12.2. The maximum atomic E-state index is 12.2. The summed E-state index contributed by atoms with van der Waals surface area (Å²) in [6.45, 7) is 8.30. The monoisotopic (exact) mass is 426 g/mol. The van der Waals surface area contributed by atoms with Crippen molar-refractivity contribution in [2.45, 2.75) is 57.0 Å². The number of aryl methyl sites for hydroxylation is 1. The zero-order valence-electron chi connectivity index (χ0n) is 17.9. The Kier molecular flexibility index (Phi) is 8.07. The highest BCUT2D eigenvalue weighted by atomic mass is 32.2. The van der Waals surface area contributed by atoms with E-state index in [1.807, 2.05) is 35.0 Å². The quantitative estimate of drug-likeness (QED) is 0.357. The molecule has 0 fully saturated rings. The lowest BCUT2D eigenvalue weighted by atomic mass is 10.1. The van der Waals surface area contributed by atoms with Crippen molar-refractivity contribution in [2.24, 2.45) is 0 Å². The SMILES string of the molecule is CCCNc1nc(SC(C)C)nc2c1cnn2CCNC(=O)CCc1ccccc1. The third-order valence-corrected chi connectivity index (χ3v) is 5.35. The summed E-state index contributed by atoms with van der Waals surface area (Å²) in [4.78, 5) is 21.6. The second-order valence-corrected chi connectivity index (χ2v) is 8.93. The van der Waals surface area contributed by atoms with Crippen molar-refractivity contribution in [3.8, 4) is 0 Å². The van der Waals surface area contributed by atoms with Crippen molar-refractivity contribution < 1.29 is 4.79 Å². The van der Waals surface area contributed by atoms with Crippen LogP contribution in [0.4, 0.5) is 5.82 Å². The molecule has 0 aliphatic carbocycles. The number of anilines is 1. The number of thioether (sulfide) groups is 1. The molecule has 0 unspecified atom stereocenters. The van der Waals surface area contributed by atoms with E-state index >= 15 is 0 Å². The number of hydrogen-bond acceptors (Lipinski definition) is 6. The van der Waals surface area contributed by atoms with Crippen molar-refractivity contribution in [1.29, 1.82) is 0 Å². The van der Waals surface area contributed by atoms with E-state index in [1.165, 1.54) is 5.56 Å². The molecule has 0 saturated carbocycles. The Labute approximate surface area is 182 Å². The van der Waals surface area contributed by atoms with Gasteiger partial charge in [0.1, 0.15) is 5.82 Å². The van der Waals surface area contributed by atoms with Gasteiger partial charge in [0.25, 0.3) is 0 Å². The van der Waals surface area contributed by atoms with E-state index < -0.39 is 0 Å². The number of nitrogens with one attached hydrogen (secondary N) is 2. The Morgan fingerprint density at radius 3 is 2.70 bits per heavy atom. The summed E-state index contributed by atoms with van der Waals surface area (Å²) in [6, 6.07) is 10.1. The minimum Gasteiger partial charge on any atom is -0.369 e. The number of carbonyl (C=O) groups excluding carboxylic acids is 1. The highest BCUT2D eigenvalue weighted by Gasteiger charge is 2.14. The molecular formula is C22H30N6OS. The molecule has 1 amide bonds. The number of hydrogen-bond donors (Lipinski definition) is 2. The van der Waals surface area contributed by atoms with Crippen LogP contribution in [-0.2, 0) is 17.8 Å². The fourth-order valence-corrected chi connectivity index (χ4v) is 3.74. The second-order valence-electron chi connectivity index (χ2n) is 7.39. The predicted octanol–water partition coefficient (Wildman–Crippen LogP) is 3.90. The smallest absolute Gasteiger partial charge is 0.220 e. The fraction of sp³-hybridized carbons (Fsp3) is 0.455. The molecule has 1 aromatic carbocycles. The first kappa shape index (κ1) is 22.1. The van der Waals surface area contributed by atoms with Crippen LogP contribution in [0.25, 0.3) is 11.0 Å². The van der Waals surface area contributed by atoms with Crippen LogP contribution in [-0.4, -0.2) is 44.0 Å². The molecule has 0 atom stereocenters. The highest BCUT2D eigenvalue weighted by molar-refractivity contribution is 7.99. The van der Waals surface area contributed by atoms with Gasteiger partial charge in [-0.25, -0.2) is 14.6 Å². The summed E-state index contributed by atoms with van der Waals surface area (Å²) < 4.78 is 1.84. The molecule has 0 bridgehead atoms. The lowest BCUT2D eigenvalue weighted by molar-refractivity contribution is -0.121. The topological polar surface area (TPSA) is 84.7 Å². The molecule has 0 saturated heterocycles. The van der Waals surface area contributed by atoms with Gasteiger partial charge in [-0.1, -0.05) is 62.9 Å². The molecule has 3 aromatic rings. The second kappa shape index (κ2) is 11.0. The average Bonchev–Trinajstić information content (AvgIpc) is 3.14. The van der Waals surface area contributed by atoms with Crippen molar-refractivity contribution in [3.63, 3.8) is 0 Å². The van der Waals surface area contributed by atoms with Crippen LogP contribution in [0.1, 0.15) is 39.2 Å². The van der Waals surface area contributed by atoms with Gasteiger partial charge in [0, 0.05) is 24.8 Å². The van der Waals surface area contributed by atoms with Crippen LogP contribution >= 0.6 is 11.8 Å². The first-order valence-electron chi connectivity index (χ1n) is 10.5. The molecule has 30 heavy (non-hydrogen) atoms. The molecule has 0 spiro atoms. The fourth-order valence-electron chi connectivity index (χ4n) is 3.03. The van der Waals surface area contributed by atoms with E-state index in [0.29, 0.717) is 24.8 Å². The van der Waals surface area contributed by atoms with E-state index in [4.69, 9.17) is 4.98 Å². The van der Waals surface area contributed by atoms with E-state index in [2.05, 4.69) is 41.5 Å². The average molecular weight is 427 g/mol. The molecule has 2 heterocycles. The van der Waals surface area contributed by atoms with Gasteiger partial charge in [0.2, 0.25) is 5.91 Å². The van der Waals surface area contributed by atoms with Gasteiger partial charge >= 0.3 is 0 Å². The number of benzene rings is 1. The van der Waals surface area contributed by atoms with E-state index in [9.17, 15) is 4.79 Å². The van der Waals surface area contributed by atoms with Crippen molar-refractivity contribution in [2.75, 3.05) is 18.4 Å². The molecule has 8 heteroatoms. The lowest BCUT2D eigenvalue weighted by Crippen LogP contribution is -2.27. The molecular weight excluding hydrogens is 396 g/mol. The molecule has 0 radical (unpaired) electrons. The zero-order chi connectivity index (χ0) is 21.3. The molecule has 7 nitrogen and oxygen atoms in total. The molecule has 2 aromatic heterocycles. The van der Waals surface area contributed by atoms with Gasteiger partial charge in [-0.05, 0) is 18.4 Å². The minimum atomic E-state index is 0.0475. The maximum Gasteiger partial charge on any atom is 0.220 e. The number of aromatic nitrogens is 4. The largest absolute Gasteiger partial charge is 0.369 e. The van der Waals surface area contributed by atoms with E-state index in [-0.39, 0.29) is 5.91 Å². The standard InChI is InChI=1S/C22H30N6OS/c1-4-12-24-20-18-15-25-28(21(18)27-22(26-20)30-16(2)3)14-13-23-19(29)11-10-17-8-6-5-7-9-17/h5-9,15-16H,4,10-14H2,1-3H3,(H,23,29)(H,24,26,27). The highest BCUT2D eigenvalue weighted by Crippen LogP contribution is 2.26. The van der Waals surface area contributed by atoms with Crippen LogP contribution < -0.4 is 10.6 Å². The molecule has 0 aliphatic rings. The number of nitrogens with zero attached hydrogens (tertiary/aromatic N) is 4. The third kappa shape index (κ3) is 6.19. The van der Waals surface area contributed by atoms with Crippen LogP contribution in [0.3, 0.4) is 0 Å². The number of amides is 1. The summed E-state index contributed by atoms with van der Waals surface area (Å²) in [5.74, 6) is 0.870. The van der Waals surface area contributed by atoms with Crippen molar-refractivity contribution in [1.82, 2.24) is 25.1 Å². The van der Waals surface area contributed by atoms with Gasteiger partial charge in [-0.2, -0.15) is 5.10 Å². The van der Waals surface area contributed by atoms with Gasteiger partial charge < -0.3 is 10.6 Å². The van der Waals surface area contributed by atoms with Crippen LogP contribution in [0.5, 0.6) is 0 Å². The predicted molar refractivity (Wildman–Crippen MR) is 123 cm³/mol. The molecule has 2 N–H and O–H groups in total. The molecule has 160 valence electrons. The first-order valence-corrected chi connectivity index (χ1v) is 11.4. The summed E-state index contributed by atoms with van der Waals surface area (Å²) >= 11 is 1.63. The summed E-state index contributed by atoms with van der Waals surface area (Å²) in [7, 11) is 0. The first-order chi connectivity index (χ1) is 14.6. The van der Waals surface area contributed by atoms with Gasteiger partial charge in [0.15, 0.2) is 10.8 Å². The van der Waals surface area contributed by atoms with E-state index in [0.717, 1.165) is 41.4 Å². The van der Waals surface area contributed by atoms with Crippen molar-refractivity contribution in [3.05, 3.63) is 42.1 Å². The minimum absolute atomic E-state index is 0.0475. The normalized spacial score (nSPS) is 11.2. The number of carbonyl (C=O) groups is 1. The Morgan fingerprint density at radius 1 is 1.17 bits per heavy atom. The van der Waals surface area contributed by atoms with Crippen LogP contribution in [0.2, 0.25) is 0 Å². The Bertz CT molecular complexity index is 957. The van der Waals surface area contributed by atoms with Gasteiger partial charge in [-0.15, -0.1) is 0 Å². The van der Waals surface area contributed by atoms with Crippen LogP contribution in [0.15, 0.2) is 41.7 Å². The Morgan fingerprint density at radius 2 is 1.97 bits per heavy atom. The zero-order valence-corrected chi connectivity index (χ0v) is 18.7. The Hall–Kier alpha value is -2.61. The summed E-state index contributed by atoms with van der Waals surface area (Å²) in [5, 5.41) is 12.9. The third-order valence-electron chi connectivity index (χ3n) is 4.49. The molecule has 3 rings (SSSR count). The van der Waals surface area contributed by atoms with Crippen molar-refractivity contribution >= 4 is 34.5 Å². The summed E-state index contributed by atoms with van der Waals surface area (Å²) in [6.07, 6.45) is 4.04. The Balaban J connectivity index is 1.63. The summed E-state index contributed by atoms with van der Waals surface area (Å²) in [5.41, 5.74) is 1.97. The lowest BCUT2D eigenvalue weighted by Gasteiger charge is -2.10. The number of rotatable bonds is 11. The van der Waals surface area contributed by atoms with Gasteiger partial charge in [0.05, 0.1) is 18.1 Å². The van der Waals surface area contributed by atoms with Crippen LogP contribution in [0, 0.1) is 0 Å². The van der Waals surface area contributed by atoms with Gasteiger partial charge in [-0.3, -0.25) is 4.79 Å². The molecule has 0 aliphatic heterocycles. The number of fused-ring (bicyclic) bond motifs is 1. The van der Waals surface area contributed by atoms with E-state index in [1.54, 1.807) is 18.0 Å².